The molecule has 0 fully saturated rings. The van der Waals surface area contributed by atoms with E-state index < -0.39 is 17.2 Å². The molecular formula is C10H11ClNO4S-. The quantitative estimate of drug-likeness (QED) is 0.675. The summed E-state index contributed by atoms with van der Waals surface area (Å²) in [5.41, 5.74) is 0.370. The number of ether oxygens (including phenoxy) is 1. The van der Waals surface area contributed by atoms with E-state index in [1.165, 1.54) is 18.2 Å². The third kappa shape index (κ3) is 4.33. The SMILES string of the molecule is CC(C)OC(=O)c1cc(NS(=O)[O-])ccc1Cl. The van der Waals surface area contributed by atoms with Crippen molar-refractivity contribution in [3.8, 4) is 0 Å². The first-order valence-corrected chi connectivity index (χ1v) is 6.22. The smallest absolute Gasteiger partial charge is 0.339 e. The van der Waals surface area contributed by atoms with Crippen LogP contribution in [0.15, 0.2) is 18.2 Å². The van der Waals surface area contributed by atoms with E-state index in [-0.39, 0.29) is 22.4 Å². The van der Waals surface area contributed by atoms with Gasteiger partial charge in [-0.15, -0.1) is 0 Å². The molecule has 1 atom stereocenters. The highest BCUT2D eigenvalue weighted by Crippen LogP contribution is 2.22. The number of carbonyl (C=O) groups is 1. The molecular weight excluding hydrogens is 266 g/mol. The average molecular weight is 277 g/mol. The summed E-state index contributed by atoms with van der Waals surface area (Å²) in [5, 5.41) is 0.206. The van der Waals surface area contributed by atoms with Crippen molar-refractivity contribution < 1.29 is 18.3 Å². The average Bonchev–Trinajstić information content (AvgIpc) is 2.19. The Hall–Kier alpha value is -1.11. The van der Waals surface area contributed by atoms with Gasteiger partial charge in [0.1, 0.15) is 0 Å². The Morgan fingerprint density at radius 2 is 2.18 bits per heavy atom. The summed E-state index contributed by atoms with van der Waals surface area (Å²) in [4.78, 5) is 11.6. The van der Waals surface area contributed by atoms with Crippen molar-refractivity contribution in [2.75, 3.05) is 4.72 Å². The van der Waals surface area contributed by atoms with E-state index >= 15 is 0 Å². The molecule has 17 heavy (non-hydrogen) atoms. The Labute approximate surface area is 107 Å². The molecule has 7 heteroatoms. The van der Waals surface area contributed by atoms with Gasteiger partial charge in [0.15, 0.2) is 0 Å². The summed E-state index contributed by atoms with van der Waals surface area (Å²) in [6.07, 6.45) is -0.274. The molecule has 1 N–H and O–H groups in total. The molecule has 0 aliphatic rings. The summed E-state index contributed by atoms with van der Waals surface area (Å²) in [6.45, 7) is 3.42. The van der Waals surface area contributed by atoms with Gasteiger partial charge in [-0.25, -0.2) is 4.79 Å². The van der Waals surface area contributed by atoms with Gasteiger partial charge in [-0.1, -0.05) is 11.6 Å². The molecule has 94 valence electrons. The minimum atomic E-state index is -2.45. The van der Waals surface area contributed by atoms with Gasteiger partial charge in [0.25, 0.3) is 0 Å². The highest BCUT2D eigenvalue weighted by molar-refractivity contribution is 7.80. The van der Waals surface area contributed by atoms with Crippen molar-refractivity contribution in [2.24, 2.45) is 0 Å². The van der Waals surface area contributed by atoms with Crippen LogP contribution in [0.4, 0.5) is 5.69 Å². The lowest BCUT2D eigenvalue weighted by Gasteiger charge is -2.12. The maximum absolute atomic E-state index is 11.6. The Morgan fingerprint density at radius 3 is 2.71 bits per heavy atom. The van der Waals surface area contributed by atoms with Crippen molar-refractivity contribution in [3.63, 3.8) is 0 Å². The van der Waals surface area contributed by atoms with Crippen LogP contribution in [0, 0.1) is 0 Å². The van der Waals surface area contributed by atoms with Crippen LogP contribution in [0.2, 0.25) is 5.02 Å². The van der Waals surface area contributed by atoms with Crippen molar-refractivity contribution in [3.05, 3.63) is 28.8 Å². The molecule has 5 nitrogen and oxygen atoms in total. The number of benzene rings is 1. The largest absolute Gasteiger partial charge is 0.755 e. The van der Waals surface area contributed by atoms with Crippen molar-refractivity contribution in [2.45, 2.75) is 20.0 Å². The Kier molecular flexibility index (Phi) is 4.92. The lowest BCUT2D eigenvalue weighted by atomic mass is 10.2. The fraction of sp³-hybridized carbons (Fsp3) is 0.300. The number of hydrogen-bond acceptors (Lipinski definition) is 4. The lowest BCUT2D eigenvalue weighted by molar-refractivity contribution is 0.0378. The van der Waals surface area contributed by atoms with Crippen LogP contribution in [0.25, 0.3) is 0 Å². The number of hydrogen-bond donors (Lipinski definition) is 1. The second-order valence-electron chi connectivity index (χ2n) is 3.49. The highest BCUT2D eigenvalue weighted by Gasteiger charge is 2.14. The second-order valence-corrected chi connectivity index (χ2v) is 4.57. The molecule has 0 saturated heterocycles. The van der Waals surface area contributed by atoms with Crippen LogP contribution in [0.3, 0.4) is 0 Å². The number of anilines is 1. The molecule has 0 aliphatic carbocycles. The summed E-state index contributed by atoms with van der Waals surface area (Å²) >= 11 is 3.38. The van der Waals surface area contributed by atoms with Crippen LogP contribution in [-0.2, 0) is 16.0 Å². The van der Waals surface area contributed by atoms with Crippen LogP contribution in [-0.4, -0.2) is 20.8 Å². The van der Waals surface area contributed by atoms with Gasteiger partial charge >= 0.3 is 5.97 Å². The van der Waals surface area contributed by atoms with Crippen molar-refractivity contribution in [1.82, 2.24) is 0 Å². The molecule has 0 bridgehead atoms. The molecule has 0 aromatic heterocycles. The van der Waals surface area contributed by atoms with Crippen molar-refractivity contribution >= 4 is 34.5 Å². The Morgan fingerprint density at radius 1 is 1.53 bits per heavy atom. The second kappa shape index (κ2) is 6.00. The zero-order valence-electron chi connectivity index (χ0n) is 9.23. The third-order valence-corrected chi connectivity index (χ3v) is 2.46. The van der Waals surface area contributed by atoms with E-state index in [2.05, 4.69) is 4.72 Å². The van der Waals surface area contributed by atoms with Gasteiger partial charge in [0, 0.05) is 17.0 Å². The molecule has 1 unspecified atom stereocenters. The predicted octanol–water partition coefficient (Wildman–Crippen LogP) is 2.11. The van der Waals surface area contributed by atoms with Crippen LogP contribution < -0.4 is 4.72 Å². The topological polar surface area (TPSA) is 78.5 Å². The van der Waals surface area contributed by atoms with Crippen molar-refractivity contribution in [1.29, 1.82) is 0 Å². The maximum atomic E-state index is 11.6. The number of rotatable bonds is 4. The van der Waals surface area contributed by atoms with Crippen LogP contribution in [0.1, 0.15) is 24.2 Å². The standard InChI is InChI=1S/C10H12ClNO4S/c1-6(2)16-10(13)8-5-7(12-17(14)15)3-4-9(8)11/h3-6,12H,1-2H3,(H,14,15)/p-1. The van der Waals surface area contributed by atoms with E-state index in [1.54, 1.807) is 13.8 Å². The van der Waals surface area contributed by atoms with E-state index in [1.807, 2.05) is 0 Å². The minimum Gasteiger partial charge on any atom is -0.755 e. The van der Waals surface area contributed by atoms with Gasteiger partial charge in [-0.2, -0.15) is 0 Å². The number of carbonyl (C=O) groups excluding carboxylic acids is 1. The summed E-state index contributed by atoms with van der Waals surface area (Å²) in [7, 11) is 0. The third-order valence-electron chi connectivity index (χ3n) is 1.73. The zero-order chi connectivity index (χ0) is 13.0. The normalized spacial score (nSPS) is 12.3. The summed E-state index contributed by atoms with van der Waals surface area (Å²) < 4.78 is 28.0. The first kappa shape index (κ1) is 14.0. The van der Waals surface area contributed by atoms with E-state index in [4.69, 9.17) is 16.3 Å². The molecule has 0 aliphatic heterocycles. The lowest BCUT2D eigenvalue weighted by Crippen LogP contribution is -2.12. The maximum Gasteiger partial charge on any atom is 0.339 e. The molecule has 0 heterocycles. The van der Waals surface area contributed by atoms with Gasteiger partial charge < -0.3 is 14.0 Å². The fourth-order valence-electron chi connectivity index (χ4n) is 1.12. The first-order valence-electron chi connectivity index (χ1n) is 4.76. The molecule has 0 spiro atoms. The van der Waals surface area contributed by atoms with E-state index in [0.717, 1.165) is 0 Å². The highest BCUT2D eigenvalue weighted by atomic mass is 35.5. The molecule has 1 rings (SSSR count). The number of halogens is 1. The summed E-state index contributed by atoms with van der Waals surface area (Å²) in [6, 6.07) is 4.20. The predicted molar refractivity (Wildman–Crippen MR) is 64.5 cm³/mol. The molecule has 1 aromatic rings. The summed E-state index contributed by atoms with van der Waals surface area (Å²) in [5.74, 6) is -0.592. The van der Waals surface area contributed by atoms with Crippen LogP contribution >= 0.6 is 11.6 Å². The van der Waals surface area contributed by atoms with Crippen LogP contribution in [0.5, 0.6) is 0 Å². The Bertz CT molecular complexity index is 450. The van der Waals surface area contributed by atoms with E-state index in [9.17, 15) is 13.6 Å². The minimum absolute atomic E-state index is 0.121. The zero-order valence-corrected chi connectivity index (χ0v) is 10.8. The first-order chi connectivity index (χ1) is 7.90. The van der Waals surface area contributed by atoms with Gasteiger partial charge in [0.2, 0.25) is 0 Å². The fourth-order valence-corrected chi connectivity index (χ4v) is 1.63. The number of esters is 1. The van der Waals surface area contributed by atoms with Gasteiger partial charge in [0.05, 0.1) is 16.7 Å². The van der Waals surface area contributed by atoms with Gasteiger partial charge in [-0.05, 0) is 32.0 Å². The number of nitrogens with one attached hydrogen (secondary N) is 1. The van der Waals surface area contributed by atoms with E-state index in [0.29, 0.717) is 0 Å². The molecule has 0 amide bonds. The monoisotopic (exact) mass is 276 g/mol. The van der Waals surface area contributed by atoms with Gasteiger partial charge in [-0.3, -0.25) is 4.21 Å². The Balaban J connectivity index is 2.97. The molecule has 0 saturated carbocycles. The molecule has 0 radical (unpaired) electrons. The molecule has 1 aromatic carbocycles.